The Morgan fingerprint density at radius 1 is 1.25 bits per heavy atom. The molecule has 0 saturated heterocycles. The van der Waals surface area contributed by atoms with Gasteiger partial charge >= 0.3 is 6.09 Å². The van der Waals surface area contributed by atoms with Crippen molar-refractivity contribution in [2.45, 2.75) is 46.1 Å². The second kappa shape index (κ2) is 8.35. The van der Waals surface area contributed by atoms with Gasteiger partial charge in [0.25, 0.3) is 0 Å². The maximum Gasteiger partial charge on any atom is 0.422 e. The Morgan fingerprint density at radius 2 is 1.94 bits per heavy atom. The van der Waals surface area contributed by atoms with Crippen molar-refractivity contribution in [3.8, 4) is 0 Å². The Labute approximate surface area is 97.8 Å². The zero-order chi connectivity index (χ0) is 12.4. The van der Waals surface area contributed by atoms with Crippen molar-refractivity contribution < 1.29 is 14.3 Å². The second-order valence-corrected chi connectivity index (χ2v) is 4.52. The molecule has 5 heteroatoms. The average Bonchev–Trinajstić information content (AvgIpc) is 2.13. The van der Waals surface area contributed by atoms with E-state index in [1.807, 2.05) is 20.8 Å². The predicted octanol–water partition coefficient (Wildman–Crippen LogP) is 1.83. The molecule has 0 heterocycles. The Balaban J connectivity index is 3.28. The highest BCUT2D eigenvalue weighted by Gasteiger charge is 2.15. The van der Waals surface area contributed by atoms with Crippen molar-refractivity contribution in [3.05, 3.63) is 0 Å². The highest BCUT2D eigenvalue weighted by atomic mass is 16.6. The molecule has 0 fully saturated rings. The Kier molecular flexibility index (Phi) is 7.93. The molecule has 96 valence electrons. The first-order valence-corrected chi connectivity index (χ1v) is 5.75. The van der Waals surface area contributed by atoms with Crippen LogP contribution in [0.5, 0.6) is 0 Å². The van der Waals surface area contributed by atoms with Crippen molar-refractivity contribution in [1.82, 2.24) is 10.9 Å². The third-order valence-electron chi connectivity index (χ3n) is 1.60. The van der Waals surface area contributed by atoms with Gasteiger partial charge < -0.3 is 9.47 Å². The number of hydrogen-bond donors (Lipinski definition) is 2. The molecule has 0 aliphatic carbocycles. The minimum absolute atomic E-state index is 0.469. The molecule has 0 aromatic rings. The van der Waals surface area contributed by atoms with Gasteiger partial charge in [0.15, 0.2) is 0 Å². The molecule has 1 amide bonds. The van der Waals surface area contributed by atoms with Gasteiger partial charge in [-0.1, -0.05) is 13.3 Å². The topological polar surface area (TPSA) is 59.6 Å². The summed E-state index contributed by atoms with van der Waals surface area (Å²) < 4.78 is 10.3. The normalized spacial score (nSPS) is 11.2. The molecule has 0 aliphatic rings. The van der Waals surface area contributed by atoms with Crippen LogP contribution in [0.1, 0.15) is 40.5 Å². The maximum atomic E-state index is 11.2. The van der Waals surface area contributed by atoms with E-state index in [1.165, 1.54) is 0 Å². The van der Waals surface area contributed by atoms with Crippen LogP contribution < -0.4 is 10.9 Å². The zero-order valence-corrected chi connectivity index (χ0v) is 10.8. The number of hydrogen-bond acceptors (Lipinski definition) is 4. The van der Waals surface area contributed by atoms with Crippen LogP contribution >= 0.6 is 0 Å². The van der Waals surface area contributed by atoms with E-state index in [0.29, 0.717) is 13.2 Å². The maximum absolute atomic E-state index is 11.2. The summed E-state index contributed by atoms with van der Waals surface area (Å²) >= 11 is 0. The van der Waals surface area contributed by atoms with Gasteiger partial charge in [0.2, 0.25) is 0 Å². The standard InChI is InChI=1S/C11H24N2O3/c1-5-6-8-15-9-7-12-13-10(14)16-11(2,3)4/h12H,5-9H2,1-4H3,(H,13,14). The fourth-order valence-electron chi connectivity index (χ4n) is 0.910. The summed E-state index contributed by atoms with van der Waals surface area (Å²) in [6, 6.07) is 0. The van der Waals surface area contributed by atoms with Gasteiger partial charge in [-0.3, -0.25) is 5.43 Å². The fourth-order valence-corrected chi connectivity index (χ4v) is 0.910. The quantitative estimate of drug-likeness (QED) is 0.519. The summed E-state index contributed by atoms with van der Waals surface area (Å²) in [5.74, 6) is 0. The van der Waals surface area contributed by atoms with Gasteiger partial charge in [-0.05, 0) is 27.2 Å². The minimum Gasteiger partial charge on any atom is -0.443 e. The lowest BCUT2D eigenvalue weighted by atomic mass is 10.2. The Hall–Kier alpha value is -0.810. The number of carbonyl (C=O) groups is 1. The van der Waals surface area contributed by atoms with Crippen molar-refractivity contribution in [2.75, 3.05) is 19.8 Å². The average molecular weight is 232 g/mol. The van der Waals surface area contributed by atoms with Gasteiger partial charge in [-0.2, -0.15) is 0 Å². The number of hydrazine groups is 1. The van der Waals surface area contributed by atoms with Gasteiger partial charge in [0, 0.05) is 13.2 Å². The Morgan fingerprint density at radius 3 is 2.50 bits per heavy atom. The van der Waals surface area contributed by atoms with Gasteiger partial charge in [0.05, 0.1) is 6.61 Å². The number of ether oxygens (including phenoxy) is 2. The van der Waals surface area contributed by atoms with Crippen LogP contribution in [0.25, 0.3) is 0 Å². The molecule has 0 aliphatic heterocycles. The van der Waals surface area contributed by atoms with E-state index in [2.05, 4.69) is 17.8 Å². The summed E-state index contributed by atoms with van der Waals surface area (Å²) in [5.41, 5.74) is 4.71. The molecule has 16 heavy (non-hydrogen) atoms. The highest BCUT2D eigenvalue weighted by molar-refractivity contribution is 5.66. The van der Waals surface area contributed by atoms with Crippen LogP contribution in [0.15, 0.2) is 0 Å². The molecular weight excluding hydrogens is 208 g/mol. The number of unbranched alkanes of at least 4 members (excludes halogenated alkanes) is 1. The van der Waals surface area contributed by atoms with Gasteiger partial charge in [0.1, 0.15) is 5.60 Å². The monoisotopic (exact) mass is 232 g/mol. The van der Waals surface area contributed by atoms with Gasteiger partial charge in [-0.15, -0.1) is 0 Å². The van der Waals surface area contributed by atoms with E-state index in [0.717, 1.165) is 19.4 Å². The number of amides is 1. The predicted molar refractivity (Wildman–Crippen MR) is 63.1 cm³/mol. The van der Waals surface area contributed by atoms with Gasteiger partial charge in [-0.25, -0.2) is 10.2 Å². The van der Waals surface area contributed by atoms with Crippen molar-refractivity contribution in [3.63, 3.8) is 0 Å². The van der Waals surface area contributed by atoms with Crippen LogP contribution in [0.3, 0.4) is 0 Å². The fraction of sp³-hybridized carbons (Fsp3) is 0.909. The lowest BCUT2D eigenvalue weighted by molar-refractivity contribution is 0.0487. The molecule has 0 atom stereocenters. The van der Waals surface area contributed by atoms with Crippen LogP contribution in [-0.2, 0) is 9.47 Å². The number of rotatable bonds is 7. The first-order valence-electron chi connectivity index (χ1n) is 5.75. The lowest BCUT2D eigenvalue weighted by Crippen LogP contribution is -2.42. The molecule has 2 N–H and O–H groups in total. The Bertz CT molecular complexity index is 190. The SMILES string of the molecule is CCCCOCCNNC(=O)OC(C)(C)C. The summed E-state index contributed by atoms with van der Waals surface area (Å²) in [6.07, 6.45) is 1.73. The number of nitrogens with one attached hydrogen (secondary N) is 2. The minimum atomic E-state index is -0.471. The lowest BCUT2D eigenvalue weighted by Gasteiger charge is -2.19. The first-order chi connectivity index (χ1) is 7.45. The molecule has 0 spiro atoms. The largest absolute Gasteiger partial charge is 0.443 e. The van der Waals surface area contributed by atoms with Crippen LogP contribution in [0.4, 0.5) is 4.79 Å². The summed E-state index contributed by atoms with van der Waals surface area (Å²) in [7, 11) is 0. The van der Waals surface area contributed by atoms with E-state index < -0.39 is 11.7 Å². The molecule has 0 unspecified atom stereocenters. The highest BCUT2D eigenvalue weighted by Crippen LogP contribution is 2.05. The third-order valence-corrected chi connectivity index (χ3v) is 1.60. The van der Waals surface area contributed by atoms with Crippen LogP contribution in [0, 0.1) is 0 Å². The van der Waals surface area contributed by atoms with Crippen molar-refractivity contribution in [1.29, 1.82) is 0 Å². The van der Waals surface area contributed by atoms with E-state index in [4.69, 9.17) is 9.47 Å². The molecule has 0 radical (unpaired) electrons. The third kappa shape index (κ3) is 11.3. The summed E-state index contributed by atoms with van der Waals surface area (Å²) in [5, 5.41) is 0. The second-order valence-electron chi connectivity index (χ2n) is 4.52. The molecule has 0 saturated carbocycles. The smallest absolute Gasteiger partial charge is 0.422 e. The molecule has 0 aromatic heterocycles. The van der Waals surface area contributed by atoms with Crippen molar-refractivity contribution in [2.24, 2.45) is 0 Å². The van der Waals surface area contributed by atoms with Crippen LogP contribution in [-0.4, -0.2) is 31.5 Å². The molecule has 0 rings (SSSR count). The van der Waals surface area contributed by atoms with E-state index >= 15 is 0 Å². The molecular formula is C11H24N2O3. The van der Waals surface area contributed by atoms with E-state index in [-0.39, 0.29) is 0 Å². The first kappa shape index (κ1) is 15.2. The molecule has 0 bridgehead atoms. The number of carbonyl (C=O) groups excluding carboxylic acids is 1. The molecule has 5 nitrogen and oxygen atoms in total. The van der Waals surface area contributed by atoms with E-state index in [1.54, 1.807) is 0 Å². The van der Waals surface area contributed by atoms with Crippen LogP contribution in [0.2, 0.25) is 0 Å². The van der Waals surface area contributed by atoms with E-state index in [9.17, 15) is 4.79 Å². The summed E-state index contributed by atoms with van der Waals surface area (Å²) in [6.45, 7) is 9.50. The molecule has 0 aromatic carbocycles. The zero-order valence-electron chi connectivity index (χ0n) is 10.8. The van der Waals surface area contributed by atoms with Crippen molar-refractivity contribution >= 4 is 6.09 Å². The summed E-state index contributed by atoms with van der Waals surface area (Å²) in [4.78, 5) is 11.2.